The molecule has 0 radical (unpaired) electrons. The average Bonchev–Trinajstić information content (AvgIpc) is 2.58. The molecule has 2 aromatic rings. The van der Waals surface area contributed by atoms with E-state index in [1.165, 1.54) is 0 Å². The molecular formula is C20H22O4. The maximum absolute atomic E-state index is 11.8. The lowest BCUT2D eigenvalue weighted by Gasteiger charge is -2.17. The molecule has 2 N–H and O–H groups in total. The number of unbranched alkanes of at least 4 members (excludes halogenated alkanes) is 2. The topological polar surface area (TPSA) is 74.6 Å². The molecule has 4 nitrogen and oxygen atoms in total. The highest BCUT2D eigenvalue weighted by atomic mass is 16.4. The van der Waals surface area contributed by atoms with Gasteiger partial charge in [0.15, 0.2) is 0 Å². The lowest BCUT2D eigenvalue weighted by Crippen LogP contribution is -2.13. The van der Waals surface area contributed by atoms with Crippen molar-refractivity contribution in [3.8, 4) is 11.1 Å². The second-order valence-corrected chi connectivity index (χ2v) is 5.84. The van der Waals surface area contributed by atoms with Gasteiger partial charge >= 0.3 is 11.9 Å². The van der Waals surface area contributed by atoms with E-state index in [9.17, 15) is 14.7 Å². The van der Waals surface area contributed by atoms with Gasteiger partial charge in [0, 0.05) is 6.42 Å². The van der Waals surface area contributed by atoms with Crippen LogP contribution in [-0.4, -0.2) is 22.2 Å². The van der Waals surface area contributed by atoms with E-state index in [0.29, 0.717) is 19.3 Å². The van der Waals surface area contributed by atoms with Crippen molar-refractivity contribution >= 4 is 11.9 Å². The molecule has 2 aromatic carbocycles. The summed E-state index contributed by atoms with van der Waals surface area (Å²) in [5.41, 5.74) is 2.76. The van der Waals surface area contributed by atoms with Crippen LogP contribution in [-0.2, 0) is 9.59 Å². The third-order valence-corrected chi connectivity index (χ3v) is 4.10. The summed E-state index contributed by atoms with van der Waals surface area (Å²) in [6.07, 6.45) is 2.66. The summed E-state index contributed by atoms with van der Waals surface area (Å²) in [6.45, 7) is 0. The Morgan fingerprint density at radius 3 is 2.17 bits per heavy atom. The van der Waals surface area contributed by atoms with E-state index in [2.05, 4.69) is 0 Å². The Morgan fingerprint density at radius 1 is 0.833 bits per heavy atom. The van der Waals surface area contributed by atoms with Crippen molar-refractivity contribution in [2.45, 2.75) is 38.0 Å². The molecule has 0 aliphatic rings. The Balaban J connectivity index is 2.14. The van der Waals surface area contributed by atoms with Gasteiger partial charge in [0.05, 0.1) is 5.92 Å². The molecular weight excluding hydrogens is 304 g/mol. The number of aliphatic carboxylic acids is 2. The van der Waals surface area contributed by atoms with Crippen molar-refractivity contribution in [1.82, 2.24) is 0 Å². The van der Waals surface area contributed by atoms with Crippen LogP contribution in [0.4, 0.5) is 0 Å². The Labute approximate surface area is 141 Å². The molecule has 0 bridgehead atoms. The molecule has 2 rings (SSSR count). The number of hydrogen-bond donors (Lipinski definition) is 2. The van der Waals surface area contributed by atoms with Crippen LogP contribution in [0.15, 0.2) is 54.6 Å². The van der Waals surface area contributed by atoms with Crippen LogP contribution in [0.3, 0.4) is 0 Å². The maximum Gasteiger partial charge on any atom is 0.310 e. The van der Waals surface area contributed by atoms with Crippen LogP contribution in [0, 0.1) is 0 Å². The molecule has 0 heterocycles. The van der Waals surface area contributed by atoms with Gasteiger partial charge in [-0.25, -0.2) is 0 Å². The maximum atomic E-state index is 11.8. The standard InChI is InChI=1S/C20H22O4/c21-19(22)14-6-2-5-13-18(20(23)24)17-12-8-7-11-16(17)15-9-3-1-4-10-15/h1,3-4,7-12,18H,2,5-6,13-14H2,(H,21,22)(H,23,24). The quantitative estimate of drug-likeness (QED) is 0.663. The van der Waals surface area contributed by atoms with E-state index in [1.54, 1.807) is 0 Å². The molecule has 0 aliphatic carbocycles. The zero-order valence-electron chi connectivity index (χ0n) is 13.5. The molecule has 0 aromatic heterocycles. The summed E-state index contributed by atoms with van der Waals surface area (Å²) in [5.74, 6) is -2.22. The van der Waals surface area contributed by atoms with E-state index in [1.807, 2.05) is 54.6 Å². The van der Waals surface area contributed by atoms with Crippen molar-refractivity contribution in [2.24, 2.45) is 0 Å². The molecule has 1 atom stereocenters. The first-order valence-electron chi connectivity index (χ1n) is 8.18. The number of hydrogen-bond acceptors (Lipinski definition) is 2. The Hall–Kier alpha value is -2.62. The summed E-state index contributed by atoms with van der Waals surface area (Å²) < 4.78 is 0. The fraction of sp³-hybridized carbons (Fsp3) is 0.300. The van der Waals surface area contributed by atoms with Crippen LogP contribution < -0.4 is 0 Å². The molecule has 0 saturated heterocycles. The number of carboxylic acids is 2. The van der Waals surface area contributed by atoms with Crippen molar-refractivity contribution in [3.63, 3.8) is 0 Å². The lowest BCUT2D eigenvalue weighted by atomic mass is 9.87. The minimum Gasteiger partial charge on any atom is -0.481 e. The van der Waals surface area contributed by atoms with Crippen molar-refractivity contribution in [2.75, 3.05) is 0 Å². The van der Waals surface area contributed by atoms with Gasteiger partial charge in [-0.05, 0) is 29.5 Å². The van der Waals surface area contributed by atoms with Crippen molar-refractivity contribution < 1.29 is 19.8 Å². The Bertz CT molecular complexity index is 679. The monoisotopic (exact) mass is 326 g/mol. The highest BCUT2D eigenvalue weighted by Gasteiger charge is 2.22. The first-order chi connectivity index (χ1) is 11.6. The van der Waals surface area contributed by atoms with Gasteiger partial charge in [-0.15, -0.1) is 0 Å². The smallest absolute Gasteiger partial charge is 0.310 e. The molecule has 24 heavy (non-hydrogen) atoms. The number of carbonyl (C=O) groups is 2. The van der Waals surface area contributed by atoms with E-state index < -0.39 is 17.9 Å². The second kappa shape index (κ2) is 8.87. The molecule has 0 fully saturated rings. The van der Waals surface area contributed by atoms with E-state index >= 15 is 0 Å². The predicted molar refractivity (Wildman–Crippen MR) is 93.0 cm³/mol. The highest BCUT2D eigenvalue weighted by Crippen LogP contribution is 2.32. The van der Waals surface area contributed by atoms with Gasteiger partial charge < -0.3 is 10.2 Å². The third kappa shape index (κ3) is 4.95. The number of rotatable bonds is 9. The minimum atomic E-state index is -0.836. The molecule has 0 spiro atoms. The number of carboxylic acid groups (broad SMARTS) is 2. The van der Waals surface area contributed by atoms with Crippen LogP contribution in [0.2, 0.25) is 0 Å². The van der Waals surface area contributed by atoms with Crippen molar-refractivity contribution in [1.29, 1.82) is 0 Å². The summed E-state index contributed by atoms with van der Waals surface area (Å²) in [5, 5.41) is 18.3. The van der Waals surface area contributed by atoms with E-state index in [-0.39, 0.29) is 6.42 Å². The molecule has 1 unspecified atom stereocenters. The molecule has 0 saturated carbocycles. The van der Waals surface area contributed by atoms with Gasteiger partial charge in [0.25, 0.3) is 0 Å². The Morgan fingerprint density at radius 2 is 1.50 bits per heavy atom. The fourth-order valence-electron chi connectivity index (χ4n) is 2.89. The zero-order chi connectivity index (χ0) is 17.4. The van der Waals surface area contributed by atoms with Gasteiger partial charge in [-0.2, -0.15) is 0 Å². The minimum absolute atomic E-state index is 0.137. The highest BCUT2D eigenvalue weighted by molar-refractivity contribution is 5.81. The van der Waals surface area contributed by atoms with E-state index in [0.717, 1.165) is 23.1 Å². The first kappa shape index (κ1) is 17.7. The van der Waals surface area contributed by atoms with Gasteiger partial charge in [0.1, 0.15) is 0 Å². The summed E-state index contributed by atoms with van der Waals surface area (Å²) in [6, 6.07) is 17.4. The van der Waals surface area contributed by atoms with Crippen LogP contribution in [0.25, 0.3) is 11.1 Å². The van der Waals surface area contributed by atoms with Crippen LogP contribution in [0.1, 0.15) is 43.6 Å². The van der Waals surface area contributed by atoms with Gasteiger partial charge in [0.2, 0.25) is 0 Å². The largest absolute Gasteiger partial charge is 0.481 e. The summed E-state index contributed by atoms with van der Waals surface area (Å²) in [4.78, 5) is 22.3. The van der Waals surface area contributed by atoms with E-state index in [4.69, 9.17) is 5.11 Å². The summed E-state index contributed by atoms with van der Waals surface area (Å²) >= 11 is 0. The predicted octanol–water partition coefficient (Wildman–Crippen LogP) is 4.56. The fourth-order valence-corrected chi connectivity index (χ4v) is 2.89. The third-order valence-electron chi connectivity index (χ3n) is 4.10. The second-order valence-electron chi connectivity index (χ2n) is 5.84. The SMILES string of the molecule is O=C(O)CCCCCC(C(=O)O)c1ccccc1-c1ccccc1. The zero-order valence-corrected chi connectivity index (χ0v) is 13.5. The first-order valence-corrected chi connectivity index (χ1v) is 8.18. The van der Waals surface area contributed by atoms with Gasteiger partial charge in [-0.1, -0.05) is 67.4 Å². The number of benzene rings is 2. The van der Waals surface area contributed by atoms with Crippen LogP contribution >= 0.6 is 0 Å². The lowest BCUT2D eigenvalue weighted by molar-refractivity contribution is -0.139. The normalized spacial score (nSPS) is 11.8. The molecule has 4 heteroatoms. The molecule has 0 aliphatic heterocycles. The Kier molecular flexibility index (Phi) is 6.55. The van der Waals surface area contributed by atoms with Gasteiger partial charge in [-0.3, -0.25) is 9.59 Å². The summed E-state index contributed by atoms with van der Waals surface area (Å²) in [7, 11) is 0. The van der Waals surface area contributed by atoms with Crippen LogP contribution in [0.5, 0.6) is 0 Å². The molecule has 126 valence electrons. The molecule has 0 amide bonds. The van der Waals surface area contributed by atoms with Crippen molar-refractivity contribution in [3.05, 3.63) is 60.2 Å². The average molecular weight is 326 g/mol.